The maximum Gasteiger partial charge on any atom is 0.212 e. The molecule has 1 aromatic carbocycles. The van der Waals surface area contributed by atoms with E-state index in [2.05, 4.69) is 20.3 Å². The highest BCUT2D eigenvalue weighted by atomic mass is 35.5. The van der Waals surface area contributed by atoms with E-state index in [4.69, 9.17) is 23.2 Å². The molecule has 0 spiro atoms. The van der Waals surface area contributed by atoms with Crippen LogP contribution in [0.4, 0.5) is 0 Å². The number of hydrogen-bond acceptors (Lipinski definition) is 5. The van der Waals surface area contributed by atoms with Crippen molar-refractivity contribution in [1.29, 1.82) is 0 Å². The molecule has 24 heavy (non-hydrogen) atoms. The molecule has 3 aromatic rings. The maximum absolute atomic E-state index is 6.21. The third kappa shape index (κ3) is 4.14. The number of pyridine rings is 1. The second-order valence-electron chi connectivity index (χ2n) is 4.89. The molecule has 0 amide bonds. The fourth-order valence-corrected chi connectivity index (χ4v) is 3.41. The molecule has 5 nitrogen and oxygen atoms in total. The van der Waals surface area contributed by atoms with E-state index in [1.54, 1.807) is 29.4 Å². The monoisotopic (exact) mass is 377 g/mol. The average Bonchev–Trinajstić information content (AvgIpc) is 2.93. The molecule has 2 heterocycles. The predicted octanol–water partition coefficient (Wildman–Crippen LogP) is 4.46. The quantitative estimate of drug-likeness (QED) is 0.486. The Hall–Kier alpha value is -1.89. The second-order valence-corrected chi connectivity index (χ2v) is 6.68. The summed E-state index contributed by atoms with van der Waals surface area (Å²) in [7, 11) is 0. The van der Waals surface area contributed by atoms with Crippen LogP contribution >= 0.6 is 35.0 Å². The summed E-state index contributed by atoms with van der Waals surface area (Å²) in [6.07, 6.45) is 5.19. The normalized spacial score (nSPS) is 11.3. The molecule has 0 aliphatic rings. The van der Waals surface area contributed by atoms with Gasteiger partial charge in [0, 0.05) is 28.2 Å². The number of thioether (sulfide) groups is 1. The molecular formula is C16H13Cl2N5S. The summed E-state index contributed by atoms with van der Waals surface area (Å²) < 4.78 is 1.70. The first kappa shape index (κ1) is 17.0. The van der Waals surface area contributed by atoms with Crippen LogP contribution in [0.5, 0.6) is 0 Å². The van der Waals surface area contributed by atoms with Crippen LogP contribution in [0, 0.1) is 6.92 Å². The van der Waals surface area contributed by atoms with Gasteiger partial charge >= 0.3 is 0 Å². The van der Waals surface area contributed by atoms with Gasteiger partial charge in [0.25, 0.3) is 0 Å². The minimum absolute atomic E-state index is 0.620. The van der Waals surface area contributed by atoms with E-state index in [-0.39, 0.29) is 0 Å². The number of halogens is 2. The van der Waals surface area contributed by atoms with Crippen molar-refractivity contribution in [2.24, 2.45) is 5.10 Å². The highest BCUT2D eigenvalue weighted by Gasteiger charge is 2.10. The van der Waals surface area contributed by atoms with Gasteiger partial charge in [-0.25, -0.2) is 0 Å². The first-order chi connectivity index (χ1) is 11.6. The van der Waals surface area contributed by atoms with E-state index in [0.29, 0.717) is 26.8 Å². The van der Waals surface area contributed by atoms with E-state index < -0.39 is 0 Å². The number of aryl methyl sites for hydroxylation is 1. The van der Waals surface area contributed by atoms with Gasteiger partial charge in [0.15, 0.2) is 5.82 Å². The summed E-state index contributed by atoms with van der Waals surface area (Å²) in [6.45, 7) is 1.86. The SMILES string of the molecule is Cc1nnc(SCc2ccc(Cl)cc2Cl)n1/N=C\c1ccncc1. The summed E-state index contributed by atoms with van der Waals surface area (Å²) in [5.74, 6) is 1.36. The molecule has 0 unspecified atom stereocenters. The molecule has 0 atom stereocenters. The molecule has 122 valence electrons. The number of rotatable bonds is 5. The first-order valence-corrected chi connectivity index (χ1v) is 8.81. The van der Waals surface area contributed by atoms with Crippen LogP contribution in [-0.4, -0.2) is 26.1 Å². The van der Waals surface area contributed by atoms with Crippen LogP contribution in [0.2, 0.25) is 10.0 Å². The van der Waals surface area contributed by atoms with E-state index in [0.717, 1.165) is 11.1 Å². The van der Waals surface area contributed by atoms with Crippen molar-refractivity contribution < 1.29 is 0 Å². The number of benzene rings is 1. The van der Waals surface area contributed by atoms with Crippen molar-refractivity contribution in [2.75, 3.05) is 0 Å². The van der Waals surface area contributed by atoms with Crippen molar-refractivity contribution >= 4 is 41.2 Å². The lowest BCUT2D eigenvalue weighted by molar-refractivity contribution is 0.744. The number of hydrogen-bond donors (Lipinski definition) is 0. The summed E-state index contributed by atoms with van der Waals surface area (Å²) in [6, 6.07) is 9.22. The van der Waals surface area contributed by atoms with E-state index in [9.17, 15) is 0 Å². The Kier molecular flexibility index (Phi) is 5.50. The molecule has 0 saturated heterocycles. The Morgan fingerprint density at radius 2 is 1.96 bits per heavy atom. The molecule has 0 saturated carbocycles. The molecule has 2 aromatic heterocycles. The van der Waals surface area contributed by atoms with Crippen molar-refractivity contribution in [2.45, 2.75) is 17.8 Å². The molecule has 0 aliphatic heterocycles. The van der Waals surface area contributed by atoms with Crippen LogP contribution in [0.3, 0.4) is 0 Å². The van der Waals surface area contributed by atoms with Crippen molar-refractivity contribution in [3.63, 3.8) is 0 Å². The topological polar surface area (TPSA) is 56.0 Å². The Morgan fingerprint density at radius 1 is 1.17 bits per heavy atom. The zero-order valence-electron chi connectivity index (χ0n) is 12.7. The van der Waals surface area contributed by atoms with Gasteiger partial charge in [-0.3, -0.25) is 4.98 Å². The Bertz CT molecular complexity index is 864. The molecule has 0 fully saturated rings. The van der Waals surface area contributed by atoms with Crippen molar-refractivity contribution in [3.05, 3.63) is 69.7 Å². The van der Waals surface area contributed by atoms with E-state index in [1.807, 2.05) is 31.2 Å². The van der Waals surface area contributed by atoms with Gasteiger partial charge < -0.3 is 0 Å². The van der Waals surface area contributed by atoms with Gasteiger partial charge in [-0.1, -0.05) is 41.0 Å². The highest BCUT2D eigenvalue weighted by Crippen LogP contribution is 2.28. The fraction of sp³-hybridized carbons (Fsp3) is 0.125. The molecule has 3 rings (SSSR count). The fourth-order valence-electron chi connectivity index (χ4n) is 1.92. The van der Waals surface area contributed by atoms with Gasteiger partial charge in [0.2, 0.25) is 5.16 Å². The van der Waals surface area contributed by atoms with Crippen LogP contribution in [0.25, 0.3) is 0 Å². The van der Waals surface area contributed by atoms with Crippen LogP contribution in [0.1, 0.15) is 17.0 Å². The average molecular weight is 378 g/mol. The molecule has 0 N–H and O–H groups in total. The predicted molar refractivity (Wildman–Crippen MR) is 98.0 cm³/mol. The summed E-state index contributed by atoms with van der Waals surface area (Å²) >= 11 is 13.6. The highest BCUT2D eigenvalue weighted by molar-refractivity contribution is 7.98. The molecule has 0 radical (unpaired) electrons. The van der Waals surface area contributed by atoms with Crippen LogP contribution < -0.4 is 0 Å². The standard InChI is InChI=1S/C16H13Cl2N5S/c1-11-21-22-16(23(11)20-9-12-4-6-19-7-5-12)24-10-13-2-3-14(17)8-15(13)18/h2-9H,10H2,1H3/b20-9-. The Balaban J connectivity index is 1.76. The van der Waals surface area contributed by atoms with Gasteiger partial charge in [-0.15, -0.1) is 10.2 Å². The lowest BCUT2D eigenvalue weighted by atomic mass is 10.2. The molecule has 0 bridgehead atoms. The minimum Gasteiger partial charge on any atom is -0.265 e. The Morgan fingerprint density at radius 3 is 2.71 bits per heavy atom. The molecule has 8 heteroatoms. The maximum atomic E-state index is 6.21. The van der Waals surface area contributed by atoms with Crippen molar-refractivity contribution in [1.82, 2.24) is 19.9 Å². The van der Waals surface area contributed by atoms with Gasteiger partial charge in [-0.2, -0.15) is 9.78 Å². The largest absolute Gasteiger partial charge is 0.265 e. The lowest BCUT2D eigenvalue weighted by Gasteiger charge is -2.05. The van der Waals surface area contributed by atoms with Crippen molar-refractivity contribution in [3.8, 4) is 0 Å². The lowest BCUT2D eigenvalue weighted by Crippen LogP contribution is -1.96. The van der Waals surface area contributed by atoms with E-state index in [1.165, 1.54) is 11.8 Å². The second kappa shape index (κ2) is 7.79. The zero-order valence-corrected chi connectivity index (χ0v) is 15.1. The first-order valence-electron chi connectivity index (χ1n) is 7.06. The summed E-state index contributed by atoms with van der Waals surface area (Å²) in [4.78, 5) is 3.98. The van der Waals surface area contributed by atoms with Gasteiger partial charge in [-0.05, 0) is 42.3 Å². The third-order valence-electron chi connectivity index (χ3n) is 3.17. The van der Waals surface area contributed by atoms with Crippen LogP contribution in [-0.2, 0) is 5.75 Å². The van der Waals surface area contributed by atoms with E-state index >= 15 is 0 Å². The van der Waals surface area contributed by atoms with Gasteiger partial charge in [0.1, 0.15) is 0 Å². The summed E-state index contributed by atoms with van der Waals surface area (Å²) in [5, 5.41) is 14.7. The smallest absolute Gasteiger partial charge is 0.212 e. The van der Waals surface area contributed by atoms with Crippen LogP contribution in [0.15, 0.2) is 53.0 Å². The molecular weight excluding hydrogens is 365 g/mol. The zero-order chi connectivity index (χ0) is 16.9. The van der Waals surface area contributed by atoms with Gasteiger partial charge in [0.05, 0.1) is 6.21 Å². The minimum atomic E-state index is 0.620. The number of nitrogens with zero attached hydrogens (tertiary/aromatic N) is 5. The number of aromatic nitrogens is 4. The molecule has 0 aliphatic carbocycles. The summed E-state index contributed by atoms with van der Waals surface area (Å²) in [5.41, 5.74) is 1.94. The third-order valence-corrected chi connectivity index (χ3v) is 4.72. The Labute approximate surface area is 153 Å².